The van der Waals surface area contributed by atoms with Crippen molar-refractivity contribution in [3.05, 3.63) is 59.1 Å². The number of piperazine rings is 1. The summed E-state index contributed by atoms with van der Waals surface area (Å²) in [6.45, 7) is 6.72. The molecule has 6 heteroatoms. The van der Waals surface area contributed by atoms with Crippen molar-refractivity contribution < 1.29 is 9.84 Å². The lowest BCUT2D eigenvalue weighted by Crippen LogP contribution is -2.49. The first-order valence-corrected chi connectivity index (χ1v) is 9.08. The molecular formula is C20H26Cl2N2O2. The van der Waals surface area contributed by atoms with Crippen LogP contribution in [0.25, 0.3) is 0 Å². The lowest BCUT2D eigenvalue weighted by atomic mass is 10.2. The molecule has 0 aromatic heterocycles. The summed E-state index contributed by atoms with van der Waals surface area (Å²) in [5.41, 5.74) is 2.36. The van der Waals surface area contributed by atoms with Gasteiger partial charge in [-0.3, -0.25) is 4.90 Å². The van der Waals surface area contributed by atoms with Gasteiger partial charge in [-0.15, -0.1) is 12.4 Å². The molecule has 142 valence electrons. The molecule has 0 saturated carbocycles. The number of aliphatic hydroxyl groups excluding tert-OH is 1. The molecule has 0 spiro atoms. The van der Waals surface area contributed by atoms with E-state index in [1.54, 1.807) is 0 Å². The SMILES string of the molecule is Cc1ccc(OCC(O)CN2CCN(c3cccc(Cl)c3)CC2)cc1.Cl. The van der Waals surface area contributed by atoms with Crippen molar-refractivity contribution in [2.24, 2.45) is 0 Å². The van der Waals surface area contributed by atoms with Crippen molar-refractivity contribution in [1.82, 2.24) is 4.90 Å². The van der Waals surface area contributed by atoms with E-state index in [1.165, 1.54) is 5.56 Å². The lowest BCUT2D eigenvalue weighted by Gasteiger charge is -2.36. The summed E-state index contributed by atoms with van der Waals surface area (Å²) < 4.78 is 5.67. The first-order chi connectivity index (χ1) is 12.1. The number of hydrogen-bond donors (Lipinski definition) is 1. The second-order valence-corrected chi connectivity index (χ2v) is 6.98. The molecule has 3 rings (SSSR count). The van der Waals surface area contributed by atoms with Crippen LogP contribution in [0.5, 0.6) is 5.75 Å². The number of anilines is 1. The highest BCUT2D eigenvalue weighted by molar-refractivity contribution is 6.30. The molecule has 0 aliphatic carbocycles. The summed E-state index contributed by atoms with van der Waals surface area (Å²) in [5, 5.41) is 11.0. The number of β-amino-alcohol motifs (C(OH)–C–C–N with tert-alkyl or cyclic N) is 1. The van der Waals surface area contributed by atoms with Crippen molar-refractivity contribution in [3.63, 3.8) is 0 Å². The fourth-order valence-electron chi connectivity index (χ4n) is 3.04. The smallest absolute Gasteiger partial charge is 0.119 e. The van der Waals surface area contributed by atoms with Gasteiger partial charge in [0.15, 0.2) is 0 Å². The molecule has 1 N–H and O–H groups in total. The van der Waals surface area contributed by atoms with Crippen molar-refractivity contribution >= 4 is 29.7 Å². The zero-order chi connectivity index (χ0) is 17.6. The molecule has 1 saturated heterocycles. The number of aryl methyl sites for hydroxylation is 1. The Bertz CT molecular complexity index is 674. The van der Waals surface area contributed by atoms with E-state index >= 15 is 0 Å². The average Bonchev–Trinajstić information content (AvgIpc) is 2.62. The van der Waals surface area contributed by atoms with E-state index < -0.39 is 6.10 Å². The van der Waals surface area contributed by atoms with Crippen LogP contribution < -0.4 is 9.64 Å². The van der Waals surface area contributed by atoms with Crippen molar-refractivity contribution in [2.45, 2.75) is 13.0 Å². The van der Waals surface area contributed by atoms with Crippen molar-refractivity contribution in [1.29, 1.82) is 0 Å². The highest BCUT2D eigenvalue weighted by Gasteiger charge is 2.19. The summed E-state index contributed by atoms with van der Waals surface area (Å²) in [4.78, 5) is 4.61. The van der Waals surface area contributed by atoms with Crippen molar-refractivity contribution in [3.8, 4) is 5.75 Å². The van der Waals surface area contributed by atoms with E-state index in [9.17, 15) is 5.11 Å². The van der Waals surface area contributed by atoms with Crippen LogP contribution in [0.3, 0.4) is 0 Å². The number of rotatable bonds is 6. The quantitative estimate of drug-likeness (QED) is 0.808. The van der Waals surface area contributed by atoms with Crippen LogP contribution in [0.1, 0.15) is 5.56 Å². The Morgan fingerprint density at radius 1 is 1.08 bits per heavy atom. The fourth-order valence-corrected chi connectivity index (χ4v) is 3.22. The summed E-state index contributed by atoms with van der Waals surface area (Å²) >= 11 is 6.07. The Labute approximate surface area is 166 Å². The fraction of sp³-hybridized carbons (Fsp3) is 0.400. The number of aliphatic hydroxyl groups is 1. The largest absolute Gasteiger partial charge is 0.491 e. The molecule has 1 fully saturated rings. The minimum Gasteiger partial charge on any atom is -0.491 e. The molecule has 26 heavy (non-hydrogen) atoms. The van der Waals surface area contributed by atoms with E-state index in [2.05, 4.69) is 15.9 Å². The second kappa shape index (κ2) is 10.0. The Balaban J connectivity index is 0.00000243. The Hall–Kier alpha value is -1.46. The van der Waals surface area contributed by atoms with Gasteiger partial charge in [0.25, 0.3) is 0 Å². The molecule has 2 aromatic carbocycles. The highest BCUT2D eigenvalue weighted by Crippen LogP contribution is 2.21. The van der Waals surface area contributed by atoms with Gasteiger partial charge in [0.2, 0.25) is 0 Å². The Kier molecular flexibility index (Phi) is 8.04. The van der Waals surface area contributed by atoms with Crippen molar-refractivity contribution in [2.75, 3.05) is 44.2 Å². The molecule has 0 bridgehead atoms. The monoisotopic (exact) mass is 396 g/mol. The molecule has 2 aromatic rings. The predicted molar refractivity (Wildman–Crippen MR) is 110 cm³/mol. The minimum atomic E-state index is -0.487. The third kappa shape index (κ3) is 6.06. The van der Waals surface area contributed by atoms with Gasteiger partial charge < -0.3 is 14.7 Å². The third-order valence-electron chi connectivity index (χ3n) is 4.48. The van der Waals surface area contributed by atoms with Gasteiger partial charge in [-0.25, -0.2) is 0 Å². The zero-order valence-corrected chi connectivity index (χ0v) is 16.5. The second-order valence-electron chi connectivity index (χ2n) is 6.55. The van der Waals surface area contributed by atoms with Crippen LogP contribution in [-0.2, 0) is 0 Å². The highest BCUT2D eigenvalue weighted by atomic mass is 35.5. The maximum Gasteiger partial charge on any atom is 0.119 e. The molecule has 0 radical (unpaired) electrons. The first-order valence-electron chi connectivity index (χ1n) is 8.70. The first kappa shape index (κ1) is 20.8. The van der Waals surface area contributed by atoms with E-state index in [-0.39, 0.29) is 12.4 Å². The maximum absolute atomic E-state index is 10.2. The average molecular weight is 397 g/mol. The maximum atomic E-state index is 10.2. The molecule has 1 unspecified atom stereocenters. The zero-order valence-electron chi connectivity index (χ0n) is 15.0. The molecule has 0 amide bonds. The summed E-state index contributed by atoms with van der Waals surface area (Å²) in [5.74, 6) is 0.801. The number of nitrogens with zero attached hydrogens (tertiary/aromatic N) is 2. The summed E-state index contributed by atoms with van der Waals surface area (Å²) in [6, 6.07) is 15.9. The number of benzene rings is 2. The molecular weight excluding hydrogens is 371 g/mol. The Morgan fingerprint density at radius 2 is 1.77 bits per heavy atom. The van der Waals surface area contributed by atoms with Gasteiger partial charge in [0, 0.05) is 43.4 Å². The van der Waals surface area contributed by atoms with E-state index in [4.69, 9.17) is 16.3 Å². The molecule has 1 heterocycles. The van der Waals surface area contributed by atoms with Crippen LogP contribution in [0, 0.1) is 6.92 Å². The number of ether oxygens (including phenoxy) is 1. The summed E-state index contributed by atoms with van der Waals surface area (Å²) in [6.07, 6.45) is -0.487. The van der Waals surface area contributed by atoms with Crippen LogP contribution >= 0.6 is 24.0 Å². The molecule has 1 aliphatic heterocycles. The van der Waals surface area contributed by atoms with Gasteiger partial charge in [-0.05, 0) is 37.3 Å². The van der Waals surface area contributed by atoms with E-state index in [0.717, 1.165) is 42.6 Å². The van der Waals surface area contributed by atoms with Gasteiger partial charge in [-0.1, -0.05) is 35.4 Å². The van der Waals surface area contributed by atoms with Crippen LogP contribution in [0.2, 0.25) is 5.02 Å². The normalized spacial score (nSPS) is 16.0. The standard InChI is InChI=1S/C20H25ClN2O2.ClH/c1-16-5-7-20(8-6-16)25-15-19(24)14-22-9-11-23(12-10-22)18-4-2-3-17(21)13-18;/h2-8,13,19,24H,9-12,14-15H2,1H3;1H. The number of hydrogen-bond acceptors (Lipinski definition) is 4. The molecule has 1 aliphatic rings. The van der Waals surface area contributed by atoms with Gasteiger partial charge in [0.1, 0.15) is 18.5 Å². The summed E-state index contributed by atoms with van der Waals surface area (Å²) in [7, 11) is 0. The van der Waals surface area contributed by atoms with Gasteiger partial charge in [-0.2, -0.15) is 0 Å². The molecule has 4 nitrogen and oxygen atoms in total. The van der Waals surface area contributed by atoms with Crippen LogP contribution in [0.15, 0.2) is 48.5 Å². The van der Waals surface area contributed by atoms with Crippen LogP contribution in [0.4, 0.5) is 5.69 Å². The van der Waals surface area contributed by atoms with Crippen LogP contribution in [-0.4, -0.2) is 55.4 Å². The van der Waals surface area contributed by atoms with Gasteiger partial charge >= 0.3 is 0 Å². The Morgan fingerprint density at radius 3 is 2.42 bits per heavy atom. The van der Waals surface area contributed by atoms with E-state index in [0.29, 0.717) is 13.2 Å². The van der Waals surface area contributed by atoms with E-state index in [1.807, 2.05) is 49.4 Å². The predicted octanol–water partition coefficient (Wildman–Crippen LogP) is 3.63. The minimum absolute atomic E-state index is 0. The lowest BCUT2D eigenvalue weighted by molar-refractivity contribution is 0.0663. The number of halogens is 2. The topological polar surface area (TPSA) is 35.9 Å². The third-order valence-corrected chi connectivity index (χ3v) is 4.71. The molecule has 1 atom stereocenters. The van der Waals surface area contributed by atoms with Gasteiger partial charge in [0.05, 0.1) is 0 Å².